The van der Waals surface area contributed by atoms with E-state index in [0.29, 0.717) is 19.3 Å². The maximum Gasteiger partial charge on any atom is 0.132 e. The lowest BCUT2D eigenvalue weighted by atomic mass is 9.82. The first kappa shape index (κ1) is 11.8. The van der Waals surface area contributed by atoms with Crippen LogP contribution >= 0.6 is 0 Å². The third kappa shape index (κ3) is 3.13. The number of ketones is 1. The van der Waals surface area contributed by atoms with Crippen LogP contribution in [0.1, 0.15) is 26.2 Å². The van der Waals surface area contributed by atoms with Gasteiger partial charge < -0.3 is 9.66 Å². The molecule has 0 bridgehead atoms. The third-order valence-corrected chi connectivity index (χ3v) is 3.13. The van der Waals surface area contributed by atoms with Gasteiger partial charge in [-0.15, -0.1) is 0 Å². The van der Waals surface area contributed by atoms with Crippen LogP contribution in [0, 0.1) is 5.92 Å². The number of nitrogens with one attached hydrogen (secondary N) is 1. The summed E-state index contributed by atoms with van der Waals surface area (Å²) in [5.74, 6) is -0.0696. The predicted octanol–water partition coefficient (Wildman–Crippen LogP) is -0.511. The van der Waals surface area contributed by atoms with Crippen molar-refractivity contribution >= 4 is 17.0 Å². The summed E-state index contributed by atoms with van der Waals surface area (Å²) in [6.07, 6.45) is 0.826. The molecule has 14 heavy (non-hydrogen) atoms. The molecule has 0 aromatic heterocycles. The van der Waals surface area contributed by atoms with Gasteiger partial charge in [0.1, 0.15) is 5.78 Å². The van der Waals surface area contributed by atoms with E-state index >= 15 is 0 Å². The van der Waals surface area contributed by atoms with Gasteiger partial charge in [-0.25, -0.2) is 4.72 Å². The Bertz CT molecular complexity index is 245. The molecular formula is C8H14NO4S-. The van der Waals surface area contributed by atoms with E-state index in [1.54, 1.807) is 0 Å². The van der Waals surface area contributed by atoms with Gasteiger partial charge in [-0.3, -0.25) is 9.00 Å². The highest BCUT2D eigenvalue weighted by molar-refractivity contribution is 7.77. The standard InChI is InChI=1S/C8H15NO4S/c1-5(10)6-2-3-8(11)7(4-6)9-14(12)13/h6-9,11H,2-4H2,1H3,(H,12,13)/p-1/t6-,7+,8+/m0/s1. The van der Waals surface area contributed by atoms with E-state index < -0.39 is 23.4 Å². The largest absolute Gasteiger partial charge is 0.760 e. The second-order valence-electron chi connectivity index (χ2n) is 3.65. The van der Waals surface area contributed by atoms with Crippen molar-refractivity contribution in [3.05, 3.63) is 0 Å². The van der Waals surface area contributed by atoms with Crippen molar-refractivity contribution in [1.82, 2.24) is 4.72 Å². The molecule has 1 aliphatic rings. The van der Waals surface area contributed by atoms with Crippen LogP contribution in [0.5, 0.6) is 0 Å². The van der Waals surface area contributed by atoms with E-state index in [0.717, 1.165) is 0 Å². The minimum atomic E-state index is -2.38. The molecule has 1 aliphatic carbocycles. The Morgan fingerprint density at radius 1 is 1.57 bits per heavy atom. The molecule has 0 spiro atoms. The molecule has 6 heteroatoms. The Hall–Kier alpha value is -0.300. The number of hydrogen-bond donors (Lipinski definition) is 2. The second-order valence-corrected chi connectivity index (χ2v) is 4.35. The predicted molar refractivity (Wildman–Crippen MR) is 49.9 cm³/mol. The Morgan fingerprint density at radius 3 is 2.71 bits per heavy atom. The summed E-state index contributed by atoms with van der Waals surface area (Å²) < 4.78 is 23.0. The van der Waals surface area contributed by atoms with Crippen LogP contribution in [0.3, 0.4) is 0 Å². The lowest BCUT2D eigenvalue weighted by molar-refractivity contribution is -0.122. The first-order valence-corrected chi connectivity index (χ1v) is 5.62. The SMILES string of the molecule is CC(=O)[C@H]1CC[C@@H](O)[C@H](NS(=O)[O-])C1. The van der Waals surface area contributed by atoms with E-state index in [9.17, 15) is 18.7 Å². The van der Waals surface area contributed by atoms with Crippen molar-refractivity contribution in [1.29, 1.82) is 0 Å². The molecule has 0 aromatic carbocycles. The Kier molecular flexibility index (Phi) is 4.18. The molecule has 0 heterocycles. The minimum Gasteiger partial charge on any atom is -0.760 e. The fourth-order valence-electron chi connectivity index (χ4n) is 1.77. The van der Waals surface area contributed by atoms with Crippen molar-refractivity contribution in [2.75, 3.05) is 0 Å². The van der Waals surface area contributed by atoms with E-state index in [1.165, 1.54) is 6.92 Å². The molecule has 2 N–H and O–H groups in total. The van der Waals surface area contributed by atoms with E-state index in [1.807, 2.05) is 0 Å². The fourth-order valence-corrected chi connectivity index (χ4v) is 2.27. The van der Waals surface area contributed by atoms with E-state index in [2.05, 4.69) is 4.72 Å². The number of carbonyl (C=O) groups excluding carboxylic acids is 1. The zero-order valence-corrected chi connectivity index (χ0v) is 8.75. The van der Waals surface area contributed by atoms with Crippen molar-refractivity contribution in [2.24, 2.45) is 5.92 Å². The average molecular weight is 220 g/mol. The van der Waals surface area contributed by atoms with E-state index in [-0.39, 0.29) is 11.7 Å². The highest BCUT2D eigenvalue weighted by atomic mass is 32.2. The second kappa shape index (κ2) is 4.97. The minimum absolute atomic E-state index is 0.0559. The van der Waals surface area contributed by atoms with Crippen molar-refractivity contribution in [2.45, 2.75) is 38.3 Å². The number of carbonyl (C=O) groups is 1. The fraction of sp³-hybridized carbons (Fsp3) is 0.875. The highest BCUT2D eigenvalue weighted by Crippen LogP contribution is 2.25. The maximum atomic E-state index is 11.1. The summed E-state index contributed by atoms with van der Waals surface area (Å²) in [7, 11) is 0. The normalized spacial score (nSPS) is 35.2. The number of Topliss-reactive ketones (excluding diaryl/α,β-unsaturated/α-hetero) is 1. The molecule has 1 saturated carbocycles. The van der Waals surface area contributed by atoms with Crippen LogP contribution in [0.2, 0.25) is 0 Å². The number of hydrogen-bond acceptors (Lipinski definition) is 4. The molecular weight excluding hydrogens is 206 g/mol. The molecule has 82 valence electrons. The van der Waals surface area contributed by atoms with Crippen LogP contribution in [-0.2, 0) is 16.1 Å². The van der Waals surface area contributed by atoms with Gasteiger partial charge >= 0.3 is 0 Å². The Balaban J connectivity index is 2.55. The quantitative estimate of drug-likeness (QED) is 0.627. The summed E-state index contributed by atoms with van der Waals surface area (Å²) >= 11 is -2.38. The van der Waals surface area contributed by atoms with Crippen LogP contribution in [0.4, 0.5) is 0 Å². The first-order chi connectivity index (χ1) is 6.50. The van der Waals surface area contributed by atoms with Crippen molar-refractivity contribution in [3.8, 4) is 0 Å². The number of aliphatic hydroxyl groups excluding tert-OH is 1. The highest BCUT2D eigenvalue weighted by Gasteiger charge is 2.31. The topological polar surface area (TPSA) is 89.5 Å². The zero-order valence-electron chi connectivity index (χ0n) is 7.93. The zero-order chi connectivity index (χ0) is 10.7. The van der Waals surface area contributed by atoms with Gasteiger partial charge in [0.25, 0.3) is 0 Å². The van der Waals surface area contributed by atoms with Crippen LogP contribution in [0.25, 0.3) is 0 Å². The molecule has 0 aliphatic heterocycles. The number of aliphatic hydroxyl groups is 1. The van der Waals surface area contributed by atoms with Gasteiger partial charge in [0.2, 0.25) is 0 Å². The molecule has 0 aromatic rings. The van der Waals surface area contributed by atoms with Gasteiger partial charge in [-0.2, -0.15) is 0 Å². The molecule has 5 nitrogen and oxygen atoms in total. The van der Waals surface area contributed by atoms with E-state index in [4.69, 9.17) is 0 Å². The molecule has 1 unspecified atom stereocenters. The third-order valence-electron chi connectivity index (χ3n) is 2.64. The van der Waals surface area contributed by atoms with Crippen LogP contribution in [-0.4, -0.2) is 31.8 Å². The van der Waals surface area contributed by atoms with Gasteiger partial charge in [0.15, 0.2) is 0 Å². The summed E-state index contributed by atoms with van der Waals surface area (Å²) in [5.41, 5.74) is 0. The first-order valence-electron chi connectivity index (χ1n) is 4.54. The molecule has 0 radical (unpaired) electrons. The summed E-state index contributed by atoms with van der Waals surface area (Å²) in [6, 6.07) is -0.518. The molecule has 0 saturated heterocycles. The summed E-state index contributed by atoms with van der Waals surface area (Å²) in [4.78, 5) is 11.1. The van der Waals surface area contributed by atoms with Gasteiger partial charge in [0.05, 0.1) is 6.10 Å². The Labute approximate surface area is 85.3 Å². The van der Waals surface area contributed by atoms with Gasteiger partial charge in [-0.1, -0.05) is 0 Å². The lowest BCUT2D eigenvalue weighted by Gasteiger charge is -2.33. The molecule has 0 amide bonds. The van der Waals surface area contributed by atoms with Gasteiger partial charge in [-0.05, 0) is 26.2 Å². The molecule has 4 atom stereocenters. The lowest BCUT2D eigenvalue weighted by Crippen LogP contribution is -2.46. The van der Waals surface area contributed by atoms with Crippen LogP contribution in [0.15, 0.2) is 0 Å². The smallest absolute Gasteiger partial charge is 0.132 e. The molecule has 1 fully saturated rings. The summed E-state index contributed by atoms with van der Waals surface area (Å²) in [6.45, 7) is 1.49. The van der Waals surface area contributed by atoms with Crippen molar-refractivity contribution < 1.29 is 18.7 Å². The average Bonchev–Trinajstić information content (AvgIpc) is 2.07. The Morgan fingerprint density at radius 2 is 2.21 bits per heavy atom. The monoisotopic (exact) mass is 220 g/mol. The summed E-state index contributed by atoms with van der Waals surface area (Å²) in [5, 5.41) is 9.47. The number of rotatable bonds is 3. The van der Waals surface area contributed by atoms with Crippen molar-refractivity contribution in [3.63, 3.8) is 0 Å². The van der Waals surface area contributed by atoms with Gasteiger partial charge in [0, 0.05) is 23.2 Å². The molecule has 1 rings (SSSR count). The van der Waals surface area contributed by atoms with Crippen LogP contribution < -0.4 is 4.72 Å². The maximum absolute atomic E-state index is 11.1.